The van der Waals surface area contributed by atoms with Gasteiger partial charge >= 0.3 is 0 Å². The molecule has 3 aliphatic carbocycles. The maximum absolute atomic E-state index is 13.2. The zero-order chi connectivity index (χ0) is 13.0. The molecule has 0 saturated heterocycles. The van der Waals surface area contributed by atoms with E-state index in [1.807, 2.05) is 0 Å². The van der Waals surface area contributed by atoms with Crippen molar-refractivity contribution in [3.8, 4) is 0 Å². The Hall–Kier alpha value is -1.37. The highest BCUT2D eigenvalue weighted by atomic mass is 16.1. The number of ketones is 1. The van der Waals surface area contributed by atoms with Crippen molar-refractivity contribution in [3.05, 3.63) is 46.5 Å². The summed E-state index contributed by atoms with van der Waals surface area (Å²) in [4.78, 5) is 13.2. The summed E-state index contributed by atoms with van der Waals surface area (Å²) in [6.45, 7) is 2.16. The fraction of sp³-hybridized carbons (Fsp3) is 0.500. The quantitative estimate of drug-likeness (QED) is 0.688. The summed E-state index contributed by atoms with van der Waals surface area (Å²) in [7, 11) is 0. The van der Waals surface area contributed by atoms with E-state index in [2.05, 4.69) is 31.2 Å². The standard InChI is InChI=1S/C18H20O/c1-2-13-4-3-5-14-8-9-18(17(19)16(13)14)11-12-6-7-15(18)10-12/h3-6,15H,2,7-11H2,1H3. The van der Waals surface area contributed by atoms with Gasteiger partial charge in [-0.25, -0.2) is 0 Å². The van der Waals surface area contributed by atoms with Crippen LogP contribution in [-0.2, 0) is 12.8 Å². The van der Waals surface area contributed by atoms with Gasteiger partial charge in [-0.2, -0.15) is 0 Å². The summed E-state index contributed by atoms with van der Waals surface area (Å²) in [5.41, 5.74) is 5.17. The van der Waals surface area contributed by atoms with Crippen molar-refractivity contribution < 1.29 is 4.79 Å². The monoisotopic (exact) mass is 252 g/mol. The molecule has 1 nitrogen and oxygen atoms in total. The van der Waals surface area contributed by atoms with E-state index in [-0.39, 0.29) is 5.41 Å². The lowest BCUT2D eigenvalue weighted by Crippen LogP contribution is -2.40. The normalized spacial score (nSPS) is 31.7. The van der Waals surface area contributed by atoms with Gasteiger partial charge in [0, 0.05) is 11.0 Å². The molecule has 1 heteroatoms. The predicted molar refractivity (Wildman–Crippen MR) is 76.3 cm³/mol. The van der Waals surface area contributed by atoms with Crippen LogP contribution in [0.4, 0.5) is 0 Å². The van der Waals surface area contributed by atoms with Gasteiger partial charge in [0.2, 0.25) is 0 Å². The third-order valence-corrected chi connectivity index (χ3v) is 5.66. The summed E-state index contributed by atoms with van der Waals surface area (Å²) in [5.74, 6) is 1.08. The van der Waals surface area contributed by atoms with Gasteiger partial charge in [-0.1, -0.05) is 36.8 Å². The molecule has 0 aliphatic heterocycles. The zero-order valence-corrected chi connectivity index (χ0v) is 11.5. The first-order valence-corrected chi connectivity index (χ1v) is 7.58. The second-order valence-corrected chi connectivity index (χ2v) is 6.47. The van der Waals surface area contributed by atoms with Crippen LogP contribution in [0.25, 0.3) is 0 Å². The molecule has 2 unspecified atom stereocenters. The molecule has 4 rings (SSSR count). The van der Waals surface area contributed by atoms with Gasteiger partial charge in [0.1, 0.15) is 0 Å². The number of carbonyl (C=O) groups excluding carboxylic acids is 1. The van der Waals surface area contributed by atoms with Crippen LogP contribution in [-0.4, -0.2) is 5.78 Å². The van der Waals surface area contributed by atoms with E-state index in [1.165, 1.54) is 17.5 Å². The molecule has 0 heterocycles. The number of allylic oxidation sites excluding steroid dienone is 2. The molecular formula is C18H20O. The highest BCUT2D eigenvalue weighted by Gasteiger charge is 2.54. The largest absolute Gasteiger partial charge is 0.294 e. The Balaban J connectivity index is 1.85. The number of fused-ring (bicyclic) bond motifs is 4. The van der Waals surface area contributed by atoms with E-state index in [4.69, 9.17) is 0 Å². The third kappa shape index (κ3) is 1.39. The first-order valence-electron chi connectivity index (χ1n) is 7.58. The summed E-state index contributed by atoms with van der Waals surface area (Å²) < 4.78 is 0. The lowest BCUT2D eigenvalue weighted by atomic mass is 9.62. The minimum atomic E-state index is -0.0254. The molecule has 0 aromatic heterocycles. The minimum absolute atomic E-state index is 0.0254. The third-order valence-electron chi connectivity index (χ3n) is 5.66. The average molecular weight is 252 g/mol. The predicted octanol–water partition coefficient (Wildman–Crippen LogP) is 4.10. The number of benzene rings is 1. The number of rotatable bonds is 1. The number of hydrogen-bond donors (Lipinski definition) is 0. The molecule has 1 aromatic carbocycles. The lowest BCUT2D eigenvalue weighted by molar-refractivity contribution is 0.0669. The number of carbonyl (C=O) groups is 1. The van der Waals surface area contributed by atoms with Crippen LogP contribution in [0.15, 0.2) is 29.8 Å². The summed E-state index contributed by atoms with van der Waals surface area (Å²) in [6, 6.07) is 6.42. The van der Waals surface area contributed by atoms with E-state index in [0.717, 1.165) is 37.7 Å². The van der Waals surface area contributed by atoms with Crippen LogP contribution in [0, 0.1) is 11.3 Å². The van der Waals surface area contributed by atoms with Crippen LogP contribution in [0.1, 0.15) is 54.1 Å². The molecule has 1 saturated carbocycles. The smallest absolute Gasteiger partial charge is 0.170 e. The fourth-order valence-corrected chi connectivity index (χ4v) is 4.63. The maximum atomic E-state index is 13.2. The van der Waals surface area contributed by atoms with Crippen LogP contribution in [0.2, 0.25) is 0 Å². The van der Waals surface area contributed by atoms with Gasteiger partial charge in [-0.3, -0.25) is 4.79 Å². The molecular weight excluding hydrogens is 232 g/mol. The minimum Gasteiger partial charge on any atom is -0.294 e. The second-order valence-electron chi connectivity index (χ2n) is 6.47. The molecule has 1 spiro atoms. The van der Waals surface area contributed by atoms with Gasteiger partial charge in [0.15, 0.2) is 5.78 Å². The maximum Gasteiger partial charge on any atom is 0.170 e. The molecule has 98 valence electrons. The van der Waals surface area contributed by atoms with E-state index in [1.54, 1.807) is 5.57 Å². The topological polar surface area (TPSA) is 17.1 Å². The van der Waals surface area contributed by atoms with E-state index in [9.17, 15) is 4.79 Å². The number of aryl methyl sites for hydroxylation is 2. The molecule has 0 N–H and O–H groups in total. The van der Waals surface area contributed by atoms with Gasteiger partial charge < -0.3 is 0 Å². The summed E-state index contributed by atoms with van der Waals surface area (Å²) >= 11 is 0. The van der Waals surface area contributed by atoms with Crippen LogP contribution in [0.3, 0.4) is 0 Å². The molecule has 0 amide bonds. The first kappa shape index (κ1) is 11.5. The molecule has 1 fully saturated rings. The van der Waals surface area contributed by atoms with Gasteiger partial charge in [-0.15, -0.1) is 0 Å². The lowest BCUT2D eigenvalue weighted by Gasteiger charge is -2.39. The fourth-order valence-electron chi connectivity index (χ4n) is 4.63. The van der Waals surface area contributed by atoms with Crippen molar-refractivity contribution in [1.29, 1.82) is 0 Å². The first-order chi connectivity index (χ1) is 9.24. The molecule has 1 aromatic rings. The Morgan fingerprint density at radius 2 is 2.26 bits per heavy atom. The Morgan fingerprint density at radius 3 is 2.95 bits per heavy atom. The number of Topliss-reactive ketones (excluding diaryl/α,β-unsaturated/α-hetero) is 1. The van der Waals surface area contributed by atoms with Crippen LogP contribution < -0.4 is 0 Å². The van der Waals surface area contributed by atoms with Gasteiger partial charge in [0.05, 0.1) is 0 Å². The number of hydrogen-bond acceptors (Lipinski definition) is 1. The summed E-state index contributed by atoms with van der Waals surface area (Å²) in [5, 5.41) is 0. The highest BCUT2D eigenvalue weighted by molar-refractivity contribution is 6.05. The molecule has 2 bridgehead atoms. The Bertz CT molecular complexity index is 581. The van der Waals surface area contributed by atoms with E-state index in [0.29, 0.717) is 11.7 Å². The van der Waals surface area contributed by atoms with Crippen molar-refractivity contribution in [2.75, 3.05) is 0 Å². The Morgan fingerprint density at radius 1 is 1.37 bits per heavy atom. The Labute approximate surface area is 114 Å². The zero-order valence-electron chi connectivity index (χ0n) is 11.5. The van der Waals surface area contributed by atoms with Crippen molar-refractivity contribution >= 4 is 5.78 Å². The van der Waals surface area contributed by atoms with Crippen molar-refractivity contribution in [2.45, 2.75) is 45.4 Å². The van der Waals surface area contributed by atoms with Crippen LogP contribution in [0.5, 0.6) is 0 Å². The summed E-state index contributed by atoms with van der Waals surface area (Å²) in [6.07, 6.45) is 8.91. The second kappa shape index (κ2) is 3.82. The Kier molecular flexibility index (Phi) is 2.30. The van der Waals surface area contributed by atoms with Crippen molar-refractivity contribution in [3.63, 3.8) is 0 Å². The van der Waals surface area contributed by atoms with E-state index >= 15 is 0 Å². The molecule has 0 radical (unpaired) electrons. The molecule has 3 aliphatic rings. The van der Waals surface area contributed by atoms with Crippen molar-refractivity contribution in [2.24, 2.45) is 11.3 Å². The van der Waals surface area contributed by atoms with Gasteiger partial charge in [0.25, 0.3) is 0 Å². The molecule has 19 heavy (non-hydrogen) atoms. The van der Waals surface area contributed by atoms with Crippen molar-refractivity contribution in [1.82, 2.24) is 0 Å². The highest BCUT2D eigenvalue weighted by Crippen LogP contribution is 2.58. The van der Waals surface area contributed by atoms with Gasteiger partial charge in [-0.05, 0) is 55.6 Å². The molecule has 2 atom stereocenters. The van der Waals surface area contributed by atoms with Crippen LogP contribution >= 0.6 is 0 Å². The SMILES string of the molecule is CCc1cccc2c1C(=O)C1(CC2)CC2=CCC1C2. The van der Waals surface area contributed by atoms with E-state index < -0.39 is 0 Å². The average Bonchev–Trinajstić information content (AvgIpc) is 3.04.